The summed E-state index contributed by atoms with van der Waals surface area (Å²) in [6.07, 6.45) is 28.2. The highest BCUT2D eigenvalue weighted by atomic mass is 32.2. The molecule has 4 aromatic heterocycles. The molecule has 8 aromatic carbocycles. The van der Waals surface area contributed by atoms with E-state index in [2.05, 4.69) is 88.0 Å². The summed E-state index contributed by atoms with van der Waals surface area (Å²) >= 11 is 4.09. The molecular formula is C111H123F4N17O5S2. The van der Waals surface area contributed by atoms with Crippen LogP contribution in [-0.2, 0) is 99.9 Å². The molecule has 4 amide bonds. The smallest absolute Gasteiger partial charge is 0.238 e. The lowest BCUT2D eigenvalue weighted by Crippen LogP contribution is -2.52. The van der Waals surface area contributed by atoms with Gasteiger partial charge in [-0.05, 0) is 266 Å². The second kappa shape index (κ2) is 39.6. The first-order valence-electron chi connectivity index (χ1n) is 49.7. The van der Waals surface area contributed by atoms with Gasteiger partial charge in [-0.2, -0.15) is 43.9 Å². The van der Waals surface area contributed by atoms with Crippen molar-refractivity contribution in [3.05, 3.63) is 287 Å². The molecule has 139 heavy (non-hydrogen) atoms. The van der Waals surface area contributed by atoms with Crippen LogP contribution in [0.4, 0.5) is 40.3 Å². The Kier molecular flexibility index (Phi) is 26.8. The molecule has 22 nitrogen and oxygen atoms in total. The molecular weight excluding hydrogens is 1790 g/mol. The number of piperidine rings is 4. The Hall–Kier alpha value is -11.3. The lowest BCUT2D eigenvalue weighted by Gasteiger charge is -2.43. The van der Waals surface area contributed by atoms with Crippen molar-refractivity contribution in [2.24, 2.45) is 28.2 Å². The first-order valence-corrected chi connectivity index (χ1v) is 52.0. The van der Waals surface area contributed by atoms with E-state index in [1.54, 1.807) is 90.9 Å². The van der Waals surface area contributed by atoms with E-state index in [0.29, 0.717) is 46.4 Å². The van der Waals surface area contributed by atoms with Crippen LogP contribution >= 0.6 is 23.5 Å². The number of carbonyl (C=O) groups is 4. The summed E-state index contributed by atoms with van der Waals surface area (Å²) in [4.78, 5) is 75.8. The summed E-state index contributed by atoms with van der Waals surface area (Å²) in [5.74, 6) is 4.25. The van der Waals surface area contributed by atoms with Crippen molar-refractivity contribution in [1.29, 1.82) is 0 Å². The maximum absolute atomic E-state index is 15.2. The maximum atomic E-state index is 15.2. The minimum Gasteiger partial charge on any atom is -0.380 e. The summed E-state index contributed by atoms with van der Waals surface area (Å²) in [5.41, 5.74) is 15.0. The largest absolute Gasteiger partial charge is 0.380 e. The number of fused-ring (bicyclic) bond motifs is 8. The summed E-state index contributed by atoms with van der Waals surface area (Å²) < 4.78 is 73.3. The molecule has 4 spiro atoms. The number of benzene rings is 8. The van der Waals surface area contributed by atoms with Crippen molar-refractivity contribution < 1.29 is 41.5 Å². The van der Waals surface area contributed by atoms with E-state index in [0.717, 1.165) is 232 Å². The molecule has 0 aliphatic carbocycles. The summed E-state index contributed by atoms with van der Waals surface area (Å²) in [6.45, 7) is 12.3. The number of carbonyl (C=O) groups excluding carboxylic acids is 4. The van der Waals surface area contributed by atoms with Gasteiger partial charge in [-0.3, -0.25) is 52.6 Å². The Bertz CT molecular complexity index is 6080. The van der Waals surface area contributed by atoms with Gasteiger partial charge in [0.15, 0.2) is 0 Å². The topological polar surface area (TPSA) is 178 Å². The van der Waals surface area contributed by atoms with E-state index < -0.39 is 21.7 Å². The average Bonchev–Trinajstić information content (AvgIpc) is 1.56. The molecule has 0 radical (unpaired) electrons. The summed E-state index contributed by atoms with van der Waals surface area (Å²) in [5, 5.41) is 16.7. The molecule has 3 atom stereocenters. The van der Waals surface area contributed by atoms with Gasteiger partial charge in [-0.1, -0.05) is 121 Å². The Balaban J connectivity index is 0.000000110. The van der Waals surface area contributed by atoms with Crippen molar-refractivity contribution in [3.63, 3.8) is 0 Å². The molecule has 16 heterocycles. The maximum Gasteiger partial charge on any atom is 0.238 e. The molecule has 8 fully saturated rings. The lowest BCUT2D eigenvalue weighted by atomic mass is 9.73. The number of likely N-dealkylation sites (tertiary alicyclic amines) is 5. The van der Waals surface area contributed by atoms with Gasteiger partial charge in [-0.25, -0.2) is 17.6 Å². The number of aryl methyl sites for hydroxylation is 4. The third-order valence-electron chi connectivity index (χ3n) is 32.4. The molecule has 28 heteroatoms. The van der Waals surface area contributed by atoms with Gasteiger partial charge in [0.2, 0.25) is 23.6 Å². The number of nitrogens with zero attached hydrogens (tertiary/aromatic N) is 17. The summed E-state index contributed by atoms with van der Waals surface area (Å²) in [7, 11) is 9.56. The van der Waals surface area contributed by atoms with E-state index in [1.165, 1.54) is 48.7 Å². The molecule has 8 saturated heterocycles. The Morgan fingerprint density at radius 2 is 0.626 bits per heavy atom. The zero-order valence-electron chi connectivity index (χ0n) is 80.1. The monoisotopic (exact) mass is 1910 g/mol. The van der Waals surface area contributed by atoms with Crippen LogP contribution in [0.15, 0.2) is 219 Å². The standard InChI is InChI=1S/C28H32FN5O.C28H31FN4O2.C28H31FN4OS.C27H29FN4OS/c1-31-12-9-23(19-31)33-13-10-28(11-14-33)24-5-3-4-6-26(24)34(27(28)35)18-21-8-7-20(15-25(21)29)22-16-30-32(2)17-22;1-31-17-22(16-30-31)20-8-9-21(25(29)15-20)18-33-26-7-3-2-6-24(26)28(27(33)34)10-12-32(13-11-28)23-5-4-14-35-19-23;1-31-18-22(17-30-31)20-6-7-21(25(29)16-20)19-33-26-5-3-2-4-24(26)28(27(33)34)10-12-32(13-11-28)23-8-14-35-15-9-23;1-30-16-21(15-29-30)19-6-7-20(24(28)14-19)17-32-25-5-3-2-4-23(25)27(26(32)33)9-11-31(12-10-27)22-8-13-34-18-22/h3-8,15-17,23H,9-14,18-19H2,1-2H3;2-3,6-9,15-17,23H,4-5,10-14,18-19H2,1H3;2-7,16-18,23H,8-15,19H2,1H3;2-7,14-16,22H,8-13,17-18H2,1H3. The van der Waals surface area contributed by atoms with Crippen LogP contribution in [0.5, 0.6) is 0 Å². The number of anilines is 4. The molecule has 722 valence electrons. The van der Waals surface area contributed by atoms with Gasteiger partial charge in [0.1, 0.15) is 23.3 Å². The van der Waals surface area contributed by atoms with E-state index in [-0.39, 0.29) is 73.1 Å². The zero-order valence-corrected chi connectivity index (χ0v) is 81.7. The number of thioether (sulfide) groups is 2. The number of likely N-dealkylation sites (N-methyl/N-ethyl adjacent to an activating group) is 1. The Morgan fingerprint density at radius 1 is 0.331 bits per heavy atom. The fraction of sp³-hybridized carbons (Fsp3) is 0.423. The van der Waals surface area contributed by atoms with Crippen LogP contribution in [0.1, 0.15) is 134 Å². The van der Waals surface area contributed by atoms with Crippen molar-refractivity contribution >= 4 is 69.9 Å². The number of aromatic nitrogens is 8. The number of para-hydroxylation sites is 4. The molecule has 0 N–H and O–H groups in total. The zero-order chi connectivity index (χ0) is 95.4. The molecule has 3 unspecified atom stereocenters. The highest BCUT2D eigenvalue weighted by molar-refractivity contribution is 7.99. The highest BCUT2D eigenvalue weighted by Crippen LogP contribution is 2.55. The minimum atomic E-state index is -0.519. The second-order valence-electron chi connectivity index (χ2n) is 40.4. The van der Waals surface area contributed by atoms with Crippen LogP contribution in [0.25, 0.3) is 44.5 Å². The van der Waals surface area contributed by atoms with Gasteiger partial charge < -0.3 is 34.1 Å². The normalized spacial score (nSPS) is 21.7. The van der Waals surface area contributed by atoms with Crippen LogP contribution in [0.3, 0.4) is 0 Å². The van der Waals surface area contributed by atoms with E-state index >= 15 is 17.6 Å². The number of ether oxygens (including phenoxy) is 1. The fourth-order valence-electron chi connectivity index (χ4n) is 24.5. The Morgan fingerprint density at radius 3 is 0.899 bits per heavy atom. The van der Waals surface area contributed by atoms with E-state index in [9.17, 15) is 19.2 Å². The van der Waals surface area contributed by atoms with E-state index in [4.69, 9.17) is 4.74 Å². The molecule has 12 aliphatic rings. The molecule has 0 saturated carbocycles. The predicted molar refractivity (Wildman–Crippen MR) is 541 cm³/mol. The summed E-state index contributed by atoms with van der Waals surface area (Å²) in [6, 6.07) is 55.9. The Labute approximate surface area is 820 Å². The molecule has 24 rings (SSSR count). The van der Waals surface area contributed by atoms with Crippen LogP contribution < -0.4 is 19.6 Å². The van der Waals surface area contributed by atoms with Gasteiger partial charge >= 0.3 is 0 Å². The minimum absolute atomic E-state index is 0.106. The number of amides is 4. The number of halogens is 4. The molecule has 12 aromatic rings. The lowest BCUT2D eigenvalue weighted by molar-refractivity contribution is -0.126. The highest BCUT2D eigenvalue weighted by Gasteiger charge is 2.57. The van der Waals surface area contributed by atoms with Gasteiger partial charge in [0.05, 0.1) is 79.2 Å². The van der Waals surface area contributed by atoms with Crippen molar-refractivity contribution in [3.8, 4) is 44.5 Å². The van der Waals surface area contributed by atoms with Crippen molar-refractivity contribution in [1.82, 2.24) is 63.6 Å². The van der Waals surface area contributed by atoms with Crippen LogP contribution in [0.2, 0.25) is 0 Å². The predicted octanol–water partition coefficient (Wildman–Crippen LogP) is 17.7. The first kappa shape index (κ1) is 93.9. The van der Waals surface area contributed by atoms with Crippen LogP contribution in [0, 0.1) is 23.3 Å². The third kappa shape index (κ3) is 18.2. The second-order valence-corrected chi connectivity index (χ2v) is 42.8. The van der Waals surface area contributed by atoms with Crippen LogP contribution in [-0.4, -0.2) is 220 Å². The quantitative estimate of drug-likeness (QED) is 0.0834. The third-order valence-corrected chi connectivity index (χ3v) is 34.6. The first-order chi connectivity index (χ1) is 67.6. The molecule has 0 bridgehead atoms. The SMILES string of the molecule is CN1CCC(N2CCC3(CC2)C(=O)N(Cc2ccc(-c4cnn(C)c4)cc2F)c2ccccc23)C1.Cn1cc(-c2ccc(CN3C(=O)C4(CCN(C5CCCOC5)CC4)c4ccccc43)c(F)c2)cn1.Cn1cc(-c2ccc(CN3C(=O)C4(CCN(C5CCSC5)CC4)c4ccccc43)c(F)c2)cn1.Cn1cc(-c2ccc(CN3C(=O)C4(CCN(C5CCSCC5)CC4)c4ccccc43)c(F)c2)cn1. The van der Waals surface area contributed by atoms with Crippen molar-refractivity contribution in [2.75, 3.05) is 128 Å². The fourth-order valence-corrected chi connectivity index (χ4v) is 26.8. The van der Waals surface area contributed by atoms with Gasteiger partial charge in [0, 0.05) is 163 Å². The molecule has 12 aliphatic heterocycles. The number of rotatable bonds is 16. The van der Waals surface area contributed by atoms with E-state index in [1.807, 2.05) is 183 Å². The van der Waals surface area contributed by atoms with Gasteiger partial charge in [0.25, 0.3) is 0 Å². The van der Waals surface area contributed by atoms with Gasteiger partial charge in [-0.15, -0.1) is 0 Å². The number of hydrogen-bond donors (Lipinski definition) is 0. The van der Waals surface area contributed by atoms with Crippen molar-refractivity contribution in [2.45, 2.75) is 162 Å². The number of hydrogen-bond acceptors (Lipinski definition) is 16. The average molecular weight is 1920 g/mol.